The van der Waals surface area contributed by atoms with E-state index in [4.69, 9.17) is 4.74 Å². The number of unbranched alkanes of at least 4 members (excludes halogenated alkanes) is 12. The molecule has 0 atom stereocenters. The van der Waals surface area contributed by atoms with E-state index >= 15 is 0 Å². The lowest BCUT2D eigenvalue weighted by Crippen LogP contribution is -2.35. The van der Waals surface area contributed by atoms with E-state index in [1.54, 1.807) is 0 Å². The summed E-state index contributed by atoms with van der Waals surface area (Å²) in [6.45, 7) is 9.21. The molecular formula is C23H47NO2. The Morgan fingerprint density at radius 1 is 0.615 bits per heavy atom. The number of hydrogen-bond acceptors (Lipinski definition) is 2. The van der Waals surface area contributed by atoms with Crippen LogP contribution in [0.25, 0.3) is 0 Å². The minimum Gasteiger partial charge on any atom is -0.372 e. The van der Waals surface area contributed by atoms with Crippen LogP contribution in [0.3, 0.4) is 0 Å². The van der Waals surface area contributed by atoms with E-state index in [1.807, 2.05) is 4.90 Å². The van der Waals surface area contributed by atoms with E-state index in [9.17, 15) is 4.79 Å². The van der Waals surface area contributed by atoms with Crippen LogP contribution < -0.4 is 0 Å². The molecule has 0 fully saturated rings. The SMILES string of the molecule is CCCCCCCCCCCCCCCOCC(=O)N(CCC)CCC. The lowest BCUT2D eigenvalue weighted by atomic mass is 10.0. The van der Waals surface area contributed by atoms with Gasteiger partial charge in [-0.2, -0.15) is 0 Å². The summed E-state index contributed by atoms with van der Waals surface area (Å²) in [5.41, 5.74) is 0. The van der Waals surface area contributed by atoms with Crippen molar-refractivity contribution in [1.82, 2.24) is 4.90 Å². The highest BCUT2D eigenvalue weighted by Crippen LogP contribution is 2.12. The molecule has 0 N–H and O–H groups in total. The number of carbonyl (C=O) groups is 1. The number of ether oxygens (including phenoxy) is 1. The number of amides is 1. The summed E-state index contributed by atoms with van der Waals surface area (Å²) in [5, 5.41) is 0. The summed E-state index contributed by atoms with van der Waals surface area (Å²) in [7, 11) is 0. The number of carbonyl (C=O) groups excluding carboxylic acids is 1. The topological polar surface area (TPSA) is 29.5 Å². The molecule has 0 bridgehead atoms. The van der Waals surface area contributed by atoms with Gasteiger partial charge in [0.25, 0.3) is 0 Å². The molecule has 0 rings (SSSR count). The van der Waals surface area contributed by atoms with Crippen molar-refractivity contribution in [2.75, 3.05) is 26.3 Å². The number of nitrogens with zero attached hydrogens (tertiary/aromatic N) is 1. The Morgan fingerprint density at radius 2 is 1.04 bits per heavy atom. The van der Waals surface area contributed by atoms with Crippen LogP contribution in [0.15, 0.2) is 0 Å². The van der Waals surface area contributed by atoms with E-state index in [0.29, 0.717) is 0 Å². The lowest BCUT2D eigenvalue weighted by molar-refractivity contribution is -0.136. The van der Waals surface area contributed by atoms with E-state index in [0.717, 1.165) is 39.0 Å². The molecule has 0 aliphatic heterocycles. The minimum absolute atomic E-state index is 0.156. The van der Waals surface area contributed by atoms with Gasteiger partial charge in [0.05, 0.1) is 0 Å². The largest absolute Gasteiger partial charge is 0.372 e. The summed E-state index contributed by atoms with van der Waals surface area (Å²) in [5.74, 6) is 0.156. The normalized spacial score (nSPS) is 11.0. The van der Waals surface area contributed by atoms with Crippen molar-refractivity contribution in [2.24, 2.45) is 0 Å². The first-order valence-electron chi connectivity index (χ1n) is 11.6. The number of rotatable bonds is 20. The van der Waals surface area contributed by atoms with Crippen LogP contribution in [0.2, 0.25) is 0 Å². The van der Waals surface area contributed by atoms with Crippen molar-refractivity contribution >= 4 is 5.91 Å². The molecule has 156 valence electrons. The molecule has 0 saturated carbocycles. The van der Waals surface area contributed by atoms with E-state index in [2.05, 4.69) is 20.8 Å². The third-order valence-electron chi connectivity index (χ3n) is 4.96. The second-order valence-corrected chi connectivity index (χ2v) is 7.68. The fourth-order valence-electron chi connectivity index (χ4n) is 3.37. The standard InChI is InChI=1S/C23H47NO2/c1-4-7-8-9-10-11-12-13-14-15-16-17-18-21-26-22-23(25)24(19-5-2)20-6-3/h4-22H2,1-3H3. The Bertz CT molecular complexity index is 288. The zero-order valence-corrected chi connectivity index (χ0v) is 18.2. The maximum Gasteiger partial charge on any atom is 0.248 e. The minimum atomic E-state index is 0.156. The average Bonchev–Trinajstić information content (AvgIpc) is 2.64. The third kappa shape index (κ3) is 16.9. The molecule has 0 heterocycles. The summed E-state index contributed by atoms with van der Waals surface area (Å²) in [6, 6.07) is 0. The molecule has 1 amide bonds. The van der Waals surface area contributed by atoms with Gasteiger partial charge in [-0.05, 0) is 19.3 Å². The van der Waals surface area contributed by atoms with Crippen molar-refractivity contribution in [3.63, 3.8) is 0 Å². The van der Waals surface area contributed by atoms with Crippen LogP contribution in [-0.2, 0) is 9.53 Å². The fourth-order valence-corrected chi connectivity index (χ4v) is 3.37. The fraction of sp³-hybridized carbons (Fsp3) is 0.957. The van der Waals surface area contributed by atoms with E-state index in [1.165, 1.54) is 77.0 Å². The van der Waals surface area contributed by atoms with Gasteiger partial charge in [0.1, 0.15) is 6.61 Å². The molecule has 0 unspecified atom stereocenters. The molecule has 0 aromatic heterocycles. The molecule has 26 heavy (non-hydrogen) atoms. The summed E-state index contributed by atoms with van der Waals surface area (Å²) >= 11 is 0. The first-order chi connectivity index (χ1) is 12.8. The van der Waals surface area contributed by atoms with Crippen LogP contribution >= 0.6 is 0 Å². The predicted octanol–water partition coefficient (Wildman–Crippen LogP) is 6.74. The highest BCUT2D eigenvalue weighted by atomic mass is 16.5. The molecule has 0 saturated heterocycles. The van der Waals surface area contributed by atoms with Gasteiger partial charge in [0, 0.05) is 19.7 Å². The van der Waals surface area contributed by atoms with Gasteiger partial charge in [0.15, 0.2) is 0 Å². The first kappa shape index (κ1) is 25.4. The zero-order chi connectivity index (χ0) is 19.3. The van der Waals surface area contributed by atoms with Crippen molar-refractivity contribution in [3.05, 3.63) is 0 Å². The second-order valence-electron chi connectivity index (χ2n) is 7.68. The van der Waals surface area contributed by atoms with Crippen molar-refractivity contribution < 1.29 is 9.53 Å². The van der Waals surface area contributed by atoms with Crippen LogP contribution in [-0.4, -0.2) is 37.1 Å². The molecule has 0 radical (unpaired) electrons. The van der Waals surface area contributed by atoms with Crippen LogP contribution in [0.5, 0.6) is 0 Å². The molecule has 0 spiro atoms. The van der Waals surface area contributed by atoms with Gasteiger partial charge >= 0.3 is 0 Å². The molecular weight excluding hydrogens is 322 g/mol. The van der Waals surface area contributed by atoms with Crippen molar-refractivity contribution in [2.45, 2.75) is 117 Å². The lowest BCUT2D eigenvalue weighted by Gasteiger charge is -2.21. The van der Waals surface area contributed by atoms with Gasteiger partial charge in [0.2, 0.25) is 5.91 Å². The molecule has 0 aromatic rings. The Hall–Kier alpha value is -0.570. The first-order valence-corrected chi connectivity index (χ1v) is 11.6. The highest BCUT2D eigenvalue weighted by Gasteiger charge is 2.11. The van der Waals surface area contributed by atoms with Gasteiger partial charge in [-0.3, -0.25) is 4.79 Å². The maximum atomic E-state index is 12.1. The van der Waals surface area contributed by atoms with Gasteiger partial charge in [-0.1, -0.05) is 97.8 Å². The zero-order valence-electron chi connectivity index (χ0n) is 18.2. The molecule has 3 heteroatoms. The van der Waals surface area contributed by atoms with Gasteiger partial charge in [-0.15, -0.1) is 0 Å². The van der Waals surface area contributed by atoms with Gasteiger partial charge in [-0.25, -0.2) is 0 Å². The average molecular weight is 370 g/mol. The van der Waals surface area contributed by atoms with Crippen molar-refractivity contribution in [1.29, 1.82) is 0 Å². The van der Waals surface area contributed by atoms with Gasteiger partial charge < -0.3 is 9.64 Å². The molecule has 0 aliphatic rings. The highest BCUT2D eigenvalue weighted by molar-refractivity contribution is 5.77. The third-order valence-corrected chi connectivity index (χ3v) is 4.96. The quantitative estimate of drug-likeness (QED) is 0.222. The van der Waals surface area contributed by atoms with Crippen LogP contribution in [0, 0.1) is 0 Å². The summed E-state index contributed by atoms with van der Waals surface area (Å²) in [4.78, 5) is 14.0. The van der Waals surface area contributed by atoms with Crippen LogP contribution in [0.4, 0.5) is 0 Å². The monoisotopic (exact) mass is 369 g/mol. The molecule has 3 nitrogen and oxygen atoms in total. The Labute approximate surface area is 164 Å². The maximum absolute atomic E-state index is 12.1. The molecule has 0 aromatic carbocycles. The van der Waals surface area contributed by atoms with Crippen molar-refractivity contribution in [3.8, 4) is 0 Å². The second kappa shape index (κ2) is 20.7. The number of hydrogen-bond donors (Lipinski definition) is 0. The Kier molecular flexibility index (Phi) is 20.3. The summed E-state index contributed by atoms with van der Waals surface area (Å²) in [6.07, 6.45) is 19.7. The van der Waals surface area contributed by atoms with E-state index in [-0.39, 0.29) is 12.5 Å². The van der Waals surface area contributed by atoms with Crippen LogP contribution in [0.1, 0.15) is 117 Å². The summed E-state index contributed by atoms with van der Waals surface area (Å²) < 4.78 is 5.58. The molecule has 0 aliphatic carbocycles. The smallest absolute Gasteiger partial charge is 0.248 e. The predicted molar refractivity (Wildman–Crippen MR) is 114 cm³/mol. The van der Waals surface area contributed by atoms with E-state index < -0.39 is 0 Å². The Balaban J connectivity index is 3.29. The Morgan fingerprint density at radius 3 is 1.46 bits per heavy atom.